The summed E-state index contributed by atoms with van der Waals surface area (Å²) in [5, 5.41) is 13.2. The highest BCUT2D eigenvalue weighted by atomic mass is 16.3. The third-order valence-electron chi connectivity index (χ3n) is 4.83. The number of hydrogen-bond donors (Lipinski definition) is 2. The van der Waals surface area contributed by atoms with Crippen LogP contribution in [0.5, 0.6) is 0 Å². The molecule has 24 heavy (non-hydrogen) atoms. The summed E-state index contributed by atoms with van der Waals surface area (Å²) in [4.78, 5) is 2.45. The van der Waals surface area contributed by atoms with Gasteiger partial charge in [-0.15, -0.1) is 0 Å². The zero-order chi connectivity index (χ0) is 16.8. The Kier molecular flexibility index (Phi) is 6.02. The van der Waals surface area contributed by atoms with E-state index in [-0.39, 0.29) is 6.10 Å². The lowest BCUT2D eigenvalue weighted by Crippen LogP contribution is -2.35. The molecule has 128 valence electrons. The minimum atomic E-state index is -0.104. The summed E-state index contributed by atoms with van der Waals surface area (Å²) in [6, 6.07) is 17.4. The predicted octanol–water partition coefficient (Wildman–Crippen LogP) is 3.24. The van der Waals surface area contributed by atoms with Gasteiger partial charge in [-0.25, -0.2) is 0 Å². The maximum Gasteiger partial charge on any atom is 0.0564 e. The molecule has 1 heterocycles. The molecule has 0 aliphatic carbocycles. The first-order valence-electron chi connectivity index (χ1n) is 8.94. The van der Waals surface area contributed by atoms with Gasteiger partial charge in [0.05, 0.1) is 6.10 Å². The summed E-state index contributed by atoms with van der Waals surface area (Å²) >= 11 is 0. The first-order chi connectivity index (χ1) is 11.7. The molecule has 2 N–H and O–H groups in total. The second-order valence-corrected chi connectivity index (χ2v) is 6.87. The lowest BCUT2D eigenvalue weighted by atomic mass is 10.0. The molecule has 0 radical (unpaired) electrons. The lowest BCUT2D eigenvalue weighted by Gasteiger charge is -2.30. The van der Waals surface area contributed by atoms with Gasteiger partial charge in [-0.2, -0.15) is 0 Å². The van der Waals surface area contributed by atoms with Crippen LogP contribution >= 0.6 is 0 Å². The van der Waals surface area contributed by atoms with Crippen LogP contribution in [0.15, 0.2) is 48.5 Å². The number of aliphatic hydroxyl groups is 1. The Morgan fingerprint density at radius 2 is 1.62 bits per heavy atom. The van der Waals surface area contributed by atoms with Gasteiger partial charge < -0.3 is 10.4 Å². The third kappa shape index (κ3) is 4.91. The van der Waals surface area contributed by atoms with E-state index in [1.54, 1.807) is 0 Å². The van der Waals surface area contributed by atoms with E-state index in [2.05, 4.69) is 65.7 Å². The molecule has 1 fully saturated rings. The van der Waals surface area contributed by atoms with Crippen molar-refractivity contribution in [3.05, 3.63) is 70.8 Å². The third-order valence-corrected chi connectivity index (χ3v) is 4.83. The smallest absolute Gasteiger partial charge is 0.0564 e. The van der Waals surface area contributed by atoms with Gasteiger partial charge in [0.15, 0.2) is 0 Å². The Morgan fingerprint density at radius 3 is 2.33 bits per heavy atom. The normalized spacial score (nSPS) is 16.4. The summed E-state index contributed by atoms with van der Waals surface area (Å²) in [7, 11) is 0. The quantitative estimate of drug-likeness (QED) is 0.856. The van der Waals surface area contributed by atoms with E-state index in [4.69, 9.17) is 0 Å². The molecule has 2 aromatic rings. The Hall–Kier alpha value is -1.68. The molecule has 0 unspecified atom stereocenters. The van der Waals surface area contributed by atoms with Crippen molar-refractivity contribution in [2.24, 2.45) is 0 Å². The molecule has 2 aromatic carbocycles. The van der Waals surface area contributed by atoms with Crippen LogP contribution in [-0.4, -0.2) is 29.2 Å². The first-order valence-corrected chi connectivity index (χ1v) is 8.94. The van der Waals surface area contributed by atoms with Crippen LogP contribution in [-0.2, 0) is 19.6 Å². The van der Waals surface area contributed by atoms with Crippen molar-refractivity contribution < 1.29 is 5.11 Å². The molecule has 0 bridgehead atoms. The van der Waals surface area contributed by atoms with Gasteiger partial charge in [0.2, 0.25) is 0 Å². The molecule has 0 amide bonds. The minimum absolute atomic E-state index is 0.104. The van der Waals surface area contributed by atoms with Gasteiger partial charge in [0, 0.05) is 32.7 Å². The van der Waals surface area contributed by atoms with Crippen LogP contribution < -0.4 is 5.32 Å². The van der Waals surface area contributed by atoms with E-state index >= 15 is 0 Å². The second-order valence-electron chi connectivity index (χ2n) is 6.87. The number of nitrogens with one attached hydrogen (secondary N) is 1. The van der Waals surface area contributed by atoms with E-state index in [1.165, 1.54) is 22.3 Å². The predicted molar refractivity (Wildman–Crippen MR) is 98.7 cm³/mol. The van der Waals surface area contributed by atoms with Crippen molar-refractivity contribution >= 4 is 0 Å². The average molecular weight is 324 g/mol. The van der Waals surface area contributed by atoms with Crippen molar-refractivity contribution in [2.45, 2.75) is 45.5 Å². The van der Waals surface area contributed by atoms with Gasteiger partial charge in [0.1, 0.15) is 0 Å². The maximum absolute atomic E-state index is 9.65. The van der Waals surface area contributed by atoms with E-state index in [1.807, 2.05) is 0 Å². The molecule has 0 spiro atoms. The van der Waals surface area contributed by atoms with E-state index < -0.39 is 0 Å². The summed E-state index contributed by atoms with van der Waals surface area (Å²) in [6.07, 6.45) is 1.69. The second kappa shape index (κ2) is 8.43. The number of benzene rings is 2. The molecule has 1 aliphatic heterocycles. The fourth-order valence-corrected chi connectivity index (χ4v) is 3.25. The van der Waals surface area contributed by atoms with Crippen LogP contribution in [0.2, 0.25) is 0 Å². The van der Waals surface area contributed by atoms with Gasteiger partial charge in [-0.05, 0) is 36.5 Å². The Labute approximate surface area is 145 Å². The maximum atomic E-state index is 9.65. The van der Waals surface area contributed by atoms with Crippen LogP contribution in [0.25, 0.3) is 0 Å². The molecule has 3 heteroatoms. The molecule has 0 saturated carbocycles. The summed E-state index contributed by atoms with van der Waals surface area (Å²) in [6.45, 7) is 6.87. The first kappa shape index (κ1) is 17.2. The number of rotatable bonds is 6. The highest BCUT2D eigenvalue weighted by Gasteiger charge is 2.17. The Bertz CT molecular complexity index is 631. The largest absolute Gasteiger partial charge is 0.393 e. The van der Waals surface area contributed by atoms with Crippen LogP contribution in [0.3, 0.4) is 0 Å². The average Bonchev–Trinajstić information content (AvgIpc) is 2.60. The molecule has 3 nitrogen and oxygen atoms in total. The van der Waals surface area contributed by atoms with Crippen LogP contribution in [0.4, 0.5) is 0 Å². The molecule has 1 aliphatic rings. The Balaban J connectivity index is 1.54. The molecule has 0 aromatic heterocycles. The standard InChI is InChI=1S/C21H28N2O/c1-17-6-8-18(9-7-17)14-22-15-19-4-2-3-5-20(19)16-23-12-10-21(24)11-13-23/h2-9,21-22,24H,10-16H2,1H3. The van der Waals surface area contributed by atoms with Gasteiger partial charge in [-0.1, -0.05) is 54.1 Å². The number of hydrogen-bond acceptors (Lipinski definition) is 3. The topological polar surface area (TPSA) is 35.5 Å². The van der Waals surface area contributed by atoms with E-state index in [0.29, 0.717) is 0 Å². The fraction of sp³-hybridized carbons (Fsp3) is 0.429. The lowest BCUT2D eigenvalue weighted by molar-refractivity contribution is 0.0791. The van der Waals surface area contributed by atoms with Crippen LogP contribution in [0.1, 0.15) is 35.1 Å². The van der Waals surface area contributed by atoms with Crippen molar-refractivity contribution in [3.8, 4) is 0 Å². The van der Waals surface area contributed by atoms with Gasteiger partial charge >= 0.3 is 0 Å². The zero-order valence-corrected chi connectivity index (χ0v) is 14.5. The van der Waals surface area contributed by atoms with Crippen molar-refractivity contribution in [1.29, 1.82) is 0 Å². The molecular weight excluding hydrogens is 296 g/mol. The van der Waals surface area contributed by atoms with Gasteiger partial charge in [0.25, 0.3) is 0 Å². The molecule has 0 atom stereocenters. The van der Waals surface area contributed by atoms with Gasteiger partial charge in [-0.3, -0.25) is 4.90 Å². The highest BCUT2D eigenvalue weighted by molar-refractivity contribution is 5.27. The van der Waals surface area contributed by atoms with Crippen LogP contribution in [0, 0.1) is 6.92 Å². The number of nitrogens with zero attached hydrogens (tertiary/aromatic N) is 1. The molecule has 3 rings (SSSR count). The van der Waals surface area contributed by atoms with E-state index in [0.717, 1.165) is 45.6 Å². The Morgan fingerprint density at radius 1 is 0.958 bits per heavy atom. The molecule has 1 saturated heterocycles. The highest BCUT2D eigenvalue weighted by Crippen LogP contribution is 2.16. The summed E-state index contributed by atoms with van der Waals surface area (Å²) in [5.41, 5.74) is 5.39. The summed E-state index contributed by atoms with van der Waals surface area (Å²) < 4.78 is 0. The van der Waals surface area contributed by atoms with Crippen molar-refractivity contribution in [2.75, 3.05) is 13.1 Å². The number of piperidine rings is 1. The SMILES string of the molecule is Cc1ccc(CNCc2ccccc2CN2CCC(O)CC2)cc1. The van der Waals surface area contributed by atoms with E-state index in [9.17, 15) is 5.11 Å². The number of likely N-dealkylation sites (tertiary alicyclic amines) is 1. The van der Waals surface area contributed by atoms with Crippen molar-refractivity contribution in [3.63, 3.8) is 0 Å². The summed E-state index contributed by atoms with van der Waals surface area (Å²) in [5.74, 6) is 0. The van der Waals surface area contributed by atoms with Crippen molar-refractivity contribution in [1.82, 2.24) is 10.2 Å². The fourth-order valence-electron chi connectivity index (χ4n) is 3.25. The zero-order valence-electron chi connectivity index (χ0n) is 14.5. The molecular formula is C21H28N2O. The number of aryl methyl sites for hydroxylation is 1. The number of aliphatic hydroxyl groups excluding tert-OH is 1. The monoisotopic (exact) mass is 324 g/mol. The minimum Gasteiger partial charge on any atom is -0.393 e.